The van der Waals surface area contributed by atoms with E-state index in [4.69, 9.17) is 9.47 Å². The molecule has 1 N–H and O–H groups in total. The summed E-state index contributed by atoms with van der Waals surface area (Å²) in [6.07, 6.45) is 5.26. The second-order valence-electron chi connectivity index (χ2n) is 4.76. The summed E-state index contributed by atoms with van der Waals surface area (Å²) in [5.74, 6) is -0.415. The van der Waals surface area contributed by atoms with Crippen molar-refractivity contribution in [2.75, 3.05) is 13.2 Å². The van der Waals surface area contributed by atoms with Gasteiger partial charge in [-0.25, -0.2) is 4.79 Å². The summed E-state index contributed by atoms with van der Waals surface area (Å²) in [7, 11) is 0. The highest BCUT2D eigenvalue weighted by atomic mass is 32.1. The zero-order chi connectivity index (χ0) is 13.7. The van der Waals surface area contributed by atoms with E-state index in [-0.39, 0.29) is 6.10 Å². The SMILES string of the molecule is CCCc1cc(OCC2CCCCO2)c(C(=O)O)s1. The number of aryl methyl sites for hydroxylation is 1. The number of carboxylic acids is 1. The third kappa shape index (κ3) is 3.94. The van der Waals surface area contributed by atoms with Crippen LogP contribution in [0.4, 0.5) is 0 Å². The monoisotopic (exact) mass is 284 g/mol. The lowest BCUT2D eigenvalue weighted by Crippen LogP contribution is -2.26. The third-order valence-electron chi connectivity index (χ3n) is 3.14. The van der Waals surface area contributed by atoms with Gasteiger partial charge in [-0.2, -0.15) is 0 Å². The molecule has 0 amide bonds. The minimum Gasteiger partial charge on any atom is -0.489 e. The Hall–Kier alpha value is -1.07. The smallest absolute Gasteiger partial charge is 0.349 e. The quantitative estimate of drug-likeness (QED) is 0.870. The van der Waals surface area contributed by atoms with Crippen LogP contribution in [0.5, 0.6) is 5.75 Å². The maximum absolute atomic E-state index is 11.2. The first-order chi connectivity index (χ1) is 9.20. The van der Waals surface area contributed by atoms with Crippen LogP contribution in [0.25, 0.3) is 0 Å². The van der Waals surface area contributed by atoms with Gasteiger partial charge < -0.3 is 14.6 Å². The molecule has 0 spiro atoms. The number of thiophene rings is 1. The molecule has 4 nitrogen and oxygen atoms in total. The topological polar surface area (TPSA) is 55.8 Å². The van der Waals surface area contributed by atoms with Crippen LogP contribution < -0.4 is 4.74 Å². The van der Waals surface area contributed by atoms with Gasteiger partial charge in [0.15, 0.2) is 4.88 Å². The normalized spacial score (nSPS) is 19.3. The molecular weight excluding hydrogens is 264 g/mol. The molecule has 1 aliphatic rings. The summed E-state index contributed by atoms with van der Waals surface area (Å²) in [5.41, 5.74) is 0. The molecular formula is C14H20O4S. The Balaban J connectivity index is 1.99. The van der Waals surface area contributed by atoms with Crippen molar-refractivity contribution >= 4 is 17.3 Å². The van der Waals surface area contributed by atoms with Crippen LogP contribution in [-0.4, -0.2) is 30.4 Å². The number of hydrogen-bond donors (Lipinski definition) is 1. The molecule has 1 atom stereocenters. The van der Waals surface area contributed by atoms with Gasteiger partial charge in [0.1, 0.15) is 12.4 Å². The van der Waals surface area contributed by atoms with Crippen molar-refractivity contribution in [2.45, 2.75) is 45.1 Å². The van der Waals surface area contributed by atoms with E-state index in [1.165, 1.54) is 11.3 Å². The number of ether oxygens (including phenoxy) is 2. The Kier molecular flexibility index (Phi) is 5.22. The lowest BCUT2D eigenvalue weighted by Gasteiger charge is -2.22. The molecule has 5 heteroatoms. The predicted molar refractivity (Wildman–Crippen MR) is 74.4 cm³/mol. The largest absolute Gasteiger partial charge is 0.489 e. The van der Waals surface area contributed by atoms with Crippen LogP contribution in [-0.2, 0) is 11.2 Å². The highest BCUT2D eigenvalue weighted by Crippen LogP contribution is 2.31. The van der Waals surface area contributed by atoms with E-state index in [1.807, 2.05) is 6.07 Å². The fourth-order valence-corrected chi connectivity index (χ4v) is 3.21. The predicted octanol–water partition coefficient (Wildman–Crippen LogP) is 3.35. The van der Waals surface area contributed by atoms with Gasteiger partial charge in [-0.05, 0) is 31.7 Å². The van der Waals surface area contributed by atoms with Gasteiger partial charge in [0, 0.05) is 11.5 Å². The highest BCUT2D eigenvalue weighted by Gasteiger charge is 2.19. The molecule has 2 heterocycles. The van der Waals surface area contributed by atoms with E-state index < -0.39 is 5.97 Å². The number of hydrogen-bond acceptors (Lipinski definition) is 4. The minimum absolute atomic E-state index is 0.102. The fourth-order valence-electron chi connectivity index (χ4n) is 2.17. The van der Waals surface area contributed by atoms with Crippen LogP contribution in [0, 0.1) is 0 Å². The van der Waals surface area contributed by atoms with Crippen LogP contribution in [0.1, 0.15) is 47.2 Å². The van der Waals surface area contributed by atoms with Gasteiger partial charge in [-0.3, -0.25) is 0 Å². The van der Waals surface area contributed by atoms with Crippen molar-refractivity contribution in [1.82, 2.24) is 0 Å². The van der Waals surface area contributed by atoms with E-state index >= 15 is 0 Å². The average Bonchev–Trinajstić information content (AvgIpc) is 2.81. The van der Waals surface area contributed by atoms with Gasteiger partial charge in [0.2, 0.25) is 0 Å². The number of rotatable bonds is 6. The molecule has 1 saturated heterocycles. The summed E-state index contributed by atoms with van der Waals surface area (Å²) in [4.78, 5) is 12.6. The molecule has 106 valence electrons. The molecule has 1 unspecified atom stereocenters. The lowest BCUT2D eigenvalue weighted by molar-refractivity contribution is -0.0112. The highest BCUT2D eigenvalue weighted by molar-refractivity contribution is 7.14. The van der Waals surface area contributed by atoms with Crippen LogP contribution in [0.15, 0.2) is 6.07 Å². The summed E-state index contributed by atoms with van der Waals surface area (Å²) in [6.45, 7) is 3.31. The first kappa shape index (κ1) is 14.3. The Morgan fingerprint density at radius 1 is 1.58 bits per heavy atom. The Bertz CT molecular complexity index is 421. The van der Waals surface area contributed by atoms with Gasteiger partial charge in [-0.15, -0.1) is 11.3 Å². The Morgan fingerprint density at radius 2 is 2.42 bits per heavy atom. The Morgan fingerprint density at radius 3 is 3.05 bits per heavy atom. The standard InChI is InChI=1S/C14H20O4S/c1-2-5-11-8-12(13(19-11)14(15)16)18-9-10-6-3-4-7-17-10/h8,10H,2-7,9H2,1H3,(H,15,16). The zero-order valence-corrected chi connectivity index (χ0v) is 12.0. The third-order valence-corrected chi connectivity index (χ3v) is 4.30. The van der Waals surface area contributed by atoms with E-state index in [9.17, 15) is 9.90 Å². The van der Waals surface area contributed by atoms with Crippen molar-refractivity contribution < 1.29 is 19.4 Å². The molecule has 1 aromatic heterocycles. The van der Waals surface area contributed by atoms with Gasteiger partial charge in [0.05, 0.1) is 6.10 Å². The maximum Gasteiger partial charge on any atom is 0.349 e. The maximum atomic E-state index is 11.2. The fraction of sp³-hybridized carbons (Fsp3) is 0.643. The van der Waals surface area contributed by atoms with E-state index in [0.717, 1.165) is 43.6 Å². The molecule has 1 fully saturated rings. The molecule has 2 rings (SSSR count). The molecule has 0 saturated carbocycles. The summed E-state index contributed by atoms with van der Waals surface area (Å²) >= 11 is 1.31. The van der Waals surface area contributed by atoms with Crippen LogP contribution in [0.2, 0.25) is 0 Å². The second kappa shape index (κ2) is 6.91. The number of aromatic carboxylic acids is 1. The minimum atomic E-state index is -0.910. The molecule has 0 aromatic carbocycles. The summed E-state index contributed by atoms with van der Waals surface area (Å²) in [6, 6.07) is 1.86. The van der Waals surface area contributed by atoms with Crippen molar-refractivity contribution in [3.63, 3.8) is 0 Å². The van der Waals surface area contributed by atoms with Gasteiger partial charge >= 0.3 is 5.97 Å². The first-order valence-electron chi connectivity index (χ1n) is 6.81. The van der Waals surface area contributed by atoms with E-state index in [0.29, 0.717) is 17.2 Å². The zero-order valence-electron chi connectivity index (χ0n) is 11.2. The van der Waals surface area contributed by atoms with Crippen molar-refractivity contribution in [3.8, 4) is 5.75 Å². The van der Waals surface area contributed by atoms with Gasteiger partial charge in [0.25, 0.3) is 0 Å². The molecule has 0 radical (unpaired) electrons. The van der Waals surface area contributed by atoms with Crippen LogP contribution >= 0.6 is 11.3 Å². The number of carboxylic acid groups (broad SMARTS) is 1. The number of carbonyl (C=O) groups is 1. The molecule has 0 aliphatic carbocycles. The Labute approximate surface area is 117 Å². The van der Waals surface area contributed by atoms with Gasteiger partial charge in [-0.1, -0.05) is 13.3 Å². The molecule has 19 heavy (non-hydrogen) atoms. The molecule has 1 aromatic rings. The van der Waals surface area contributed by atoms with Crippen molar-refractivity contribution in [1.29, 1.82) is 0 Å². The molecule has 0 bridgehead atoms. The van der Waals surface area contributed by atoms with Crippen molar-refractivity contribution in [3.05, 3.63) is 15.8 Å². The van der Waals surface area contributed by atoms with Crippen LogP contribution in [0.3, 0.4) is 0 Å². The summed E-state index contributed by atoms with van der Waals surface area (Å²) < 4.78 is 11.3. The summed E-state index contributed by atoms with van der Waals surface area (Å²) in [5, 5.41) is 9.18. The van der Waals surface area contributed by atoms with E-state index in [1.54, 1.807) is 0 Å². The molecule has 1 aliphatic heterocycles. The second-order valence-corrected chi connectivity index (χ2v) is 5.90. The lowest BCUT2D eigenvalue weighted by atomic mass is 10.1. The van der Waals surface area contributed by atoms with E-state index in [2.05, 4.69) is 6.92 Å². The first-order valence-corrected chi connectivity index (χ1v) is 7.62. The van der Waals surface area contributed by atoms with Crippen molar-refractivity contribution in [2.24, 2.45) is 0 Å². The average molecular weight is 284 g/mol.